The Morgan fingerprint density at radius 2 is 0.977 bits per heavy atom. The fraction of sp³-hybridized carbons (Fsp3) is 0. The number of rotatable bonds is 0. The lowest BCUT2D eigenvalue weighted by Crippen LogP contribution is -2.67. The van der Waals surface area contributed by atoms with Gasteiger partial charge < -0.3 is 19.3 Å². The quantitative estimate of drug-likeness (QED) is 0.227. The van der Waals surface area contributed by atoms with Gasteiger partial charge in [-0.05, 0) is 93.4 Å². The minimum absolute atomic E-state index is 0.00483. The maximum atomic E-state index is 7.08. The largest absolute Gasteiger partial charge is 0.458 e. The van der Waals surface area contributed by atoms with Crippen LogP contribution in [0.15, 0.2) is 115 Å². The molecule has 4 nitrogen and oxygen atoms in total. The number of halogens is 1. The van der Waals surface area contributed by atoms with E-state index >= 15 is 0 Å². The summed E-state index contributed by atoms with van der Waals surface area (Å²) in [7, 11) is 0. The highest BCUT2D eigenvalue weighted by Gasteiger charge is 2.50. The van der Waals surface area contributed by atoms with Gasteiger partial charge in [0.1, 0.15) is 11.5 Å². The topological polar surface area (TPSA) is 24.9 Å². The fourth-order valence-electron chi connectivity index (χ4n) is 8.24. The van der Waals surface area contributed by atoms with Crippen LogP contribution in [-0.4, -0.2) is 13.4 Å². The van der Waals surface area contributed by atoms with Gasteiger partial charge in [-0.2, -0.15) is 0 Å². The van der Waals surface area contributed by atoms with Crippen LogP contribution in [0.1, 0.15) is 0 Å². The first-order valence-electron chi connectivity index (χ1n) is 14.6. The number of hydrogen-bond donors (Lipinski definition) is 0. The summed E-state index contributed by atoms with van der Waals surface area (Å²) in [6.07, 6.45) is 0. The van der Waals surface area contributed by atoms with Gasteiger partial charge in [-0.15, -0.1) is 0 Å². The second kappa shape index (κ2) is 7.66. The zero-order valence-electron chi connectivity index (χ0n) is 22.7. The molecule has 0 fully saturated rings. The molecular formula is C36H19B2ClN2O2. The monoisotopic (exact) mass is 568 g/mol. The highest BCUT2D eigenvalue weighted by molar-refractivity contribution is 7.04. The van der Waals surface area contributed by atoms with Crippen molar-refractivity contribution in [1.82, 2.24) is 0 Å². The fourth-order valence-corrected chi connectivity index (χ4v) is 8.48. The summed E-state index contributed by atoms with van der Waals surface area (Å²) in [5, 5.41) is 0.744. The molecule has 0 atom stereocenters. The summed E-state index contributed by atoms with van der Waals surface area (Å²) in [6, 6.07) is 40.7. The van der Waals surface area contributed by atoms with E-state index in [2.05, 4.69) is 107 Å². The van der Waals surface area contributed by atoms with E-state index in [0.717, 1.165) is 45.1 Å². The molecule has 43 heavy (non-hydrogen) atoms. The van der Waals surface area contributed by atoms with Crippen molar-refractivity contribution >= 4 is 91.9 Å². The zero-order valence-corrected chi connectivity index (χ0v) is 23.5. The molecule has 5 aliphatic heterocycles. The molecule has 198 valence electrons. The maximum Gasteiger partial charge on any atom is 0.256 e. The average Bonchev–Trinajstić information content (AvgIpc) is 3.04. The molecule has 0 saturated carbocycles. The van der Waals surface area contributed by atoms with E-state index in [1.165, 1.54) is 49.8 Å². The van der Waals surface area contributed by atoms with Crippen LogP contribution in [0.4, 0.5) is 34.1 Å². The molecule has 0 radical (unpaired) electrons. The second-order valence-corrected chi connectivity index (χ2v) is 12.2. The van der Waals surface area contributed by atoms with E-state index in [0.29, 0.717) is 0 Å². The molecule has 0 spiro atoms. The van der Waals surface area contributed by atoms with Crippen molar-refractivity contribution in [1.29, 1.82) is 0 Å². The van der Waals surface area contributed by atoms with Gasteiger partial charge in [0.2, 0.25) is 0 Å². The van der Waals surface area contributed by atoms with Crippen LogP contribution in [0, 0.1) is 0 Å². The van der Waals surface area contributed by atoms with Gasteiger partial charge in [-0.25, -0.2) is 0 Å². The number of ether oxygens (including phenoxy) is 2. The Hall–Kier alpha value is -5.06. The van der Waals surface area contributed by atoms with Crippen molar-refractivity contribution in [2.24, 2.45) is 0 Å². The summed E-state index contributed by atoms with van der Waals surface area (Å²) in [5.74, 6) is 3.54. The number of hydrogen-bond acceptors (Lipinski definition) is 4. The van der Waals surface area contributed by atoms with E-state index in [-0.39, 0.29) is 13.4 Å². The van der Waals surface area contributed by atoms with Gasteiger partial charge in [0.05, 0.1) is 11.4 Å². The van der Waals surface area contributed by atoms with Crippen LogP contribution in [0.3, 0.4) is 0 Å². The molecule has 0 aromatic heterocycles. The Bertz CT molecular complexity index is 2270. The van der Waals surface area contributed by atoms with E-state index in [9.17, 15) is 0 Å². The first-order valence-corrected chi connectivity index (χ1v) is 15.0. The van der Waals surface area contributed by atoms with Crippen molar-refractivity contribution in [2.45, 2.75) is 0 Å². The maximum absolute atomic E-state index is 7.08. The average molecular weight is 569 g/mol. The van der Waals surface area contributed by atoms with Crippen LogP contribution in [0.25, 0.3) is 0 Å². The van der Waals surface area contributed by atoms with Crippen LogP contribution >= 0.6 is 11.6 Å². The molecule has 0 saturated heterocycles. The predicted octanol–water partition coefficient (Wildman–Crippen LogP) is 5.46. The van der Waals surface area contributed by atoms with Crippen LogP contribution < -0.4 is 52.1 Å². The van der Waals surface area contributed by atoms with E-state index in [1.807, 2.05) is 18.2 Å². The molecule has 5 heterocycles. The Kier molecular flexibility index (Phi) is 4.01. The molecule has 11 rings (SSSR count). The Labute approximate surface area is 253 Å². The molecule has 6 aromatic carbocycles. The minimum Gasteiger partial charge on any atom is -0.458 e. The molecule has 0 amide bonds. The normalized spacial score (nSPS) is 14.8. The van der Waals surface area contributed by atoms with Gasteiger partial charge in [0.25, 0.3) is 13.4 Å². The van der Waals surface area contributed by atoms with Crippen molar-refractivity contribution < 1.29 is 9.47 Å². The SMILES string of the molecule is Clc1cc2c3c(c1)B1c4cccc5c4N(c4ccccc4O5)c4cccc(c41)N3c1cccc3c1B2c1ccccc1O3. The first kappa shape index (κ1) is 22.5. The van der Waals surface area contributed by atoms with Gasteiger partial charge in [0.15, 0.2) is 11.5 Å². The molecule has 7 heteroatoms. The third kappa shape index (κ3) is 2.63. The van der Waals surface area contributed by atoms with Gasteiger partial charge in [-0.3, -0.25) is 0 Å². The minimum atomic E-state index is -0.00483. The molecule has 5 aliphatic rings. The predicted molar refractivity (Wildman–Crippen MR) is 177 cm³/mol. The third-order valence-corrected chi connectivity index (χ3v) is 9.94. The summed E-state index contributed by atoms with van der Waals surface area (Å²) < 4.78 is 13.1. The summed E-state index contributed by atoms with van der Waals surface area (Å²) in [5.41, 5.74) is 14.2. The lowest BCUT2D eigenvalue weighted by atomic mass is 9.29. The Balaban J connectivity index is 1.28. The Morgan fingerprint density at radius 3 is 1.81 bits per heavy atom. The number of fused-ring (bicyclic) bond motifs is 10. The van der Waals surface area contributed by atoms with Gasteiger partial charge >= 0.3 is 0 Å². The Morgan fingerprint density at radius 1 is 0.442 bits per heavy atom. The zero-order chi connectivity index (χ0) is 28.0. The van der Waals surface area contributed by atoms with E-state index < -0.39 is 0 Å². The first-order chi connectivity index (χ1) is 21.3. The lowest BCUT2D eigenvalue weighted by molar-refractivity contribution is 0.477. The summed E-state index contributed by atoms with van der Waals surface area (Å²) >= 11 is 7.08. The van der Waals surface area contributed by atoms with Gasteiger partial charge in [-0.1, -0.05) is 66.2 Å². The standard InChI is InChI=1S/C36H19B2ClN2O2/c39-20-18-23-35-24(19-20)38-22-9-5-17-32-36(22)40(25-10-2-4-15-30(25)43-32)26-11-6-12-27(33(26)38)41(35)28-13-7-16-31-34(28)37(23)21-8-1-3-14-29(21)42-31/h1-19H. The van der Waals surface area contributed by atoms with E-state index in [4.69, 9.17) is 21.1 Å². The van der Waals surface area contributed by atoms with Crippen LogP contribution in [0.2, 0.25) is 5.02 Å². The van der Waals surface area contributed by atoms with Crippen molar-refractivity contribution in [3.63, 3.8) is 0 Å². The molecule has 0 aliphatic carbocycles. The molecule has 0 N–H and O–H groups in total. The molecule has 0 unspecified atom stereocenters. The number of benzene rings is 6. The number of nitrogens with zero attached hydrogens (tertiary/aromatic N) is 2. The van der Waals surface area contributed by atoms with Crippen LogP contribution in [0.5, 0.6) is 23.0 Å². The number of para-hydroxylation sites is 4. The molecular weight excluding hydrogens is 549 g/mol. The van der Waals surface area contributed by atoms with Gasteiger partial charge in [0, 0.05) is 27.8 Å². The van der Waals surface area contributed by atoms with Crippen molar-refractivity contribution in [2.75, 3.05) is 9.80 Å². The highest BCUT2D eigenvalue weighted by Crippen LogP contribution is 2.53. The molecule has 0 bridgehead atoms. The van der Waals surface area contributed by atoms with E-state index in [1.54, 1.807) is 0 Å². The van der Waals surface area contributed by atoms with Crippen molar-refractivity contribution in [3.8, 4) is 23.0 Å². The summed E-state index contributed by atoms with van der Waals surface area (Å²) in [6.45, 7) is 0.0133. The number of anilines is 6. The van der Waals surface area contributed by atoms with Crippen molar-refractivity contribution in [3.05, 3.63) is 120 Å². The smallest absolute Gasteiger partial charge is 0.256 e. The summed E-state index contributed by atoms with van der Waals surface area (Å²) in [4.78, 5) is 4.85. The second-order valence-electron chi connectivity index (χ2n) is 11.8. The lowest BCUT2D eigenvalue weighted by Gasteiger charge is -2.49. The molecule has 6 aromatic rings. The third-order valence-electron chi connectivity index (χ3n) is 9.72. The highest BCUT2D eigenvalue weighted by atomic mass is 35.5. The van der Waals surface area contributed by atoms with Crippen LogP contribution in [-0.2, 0) is 0 Å².